The van der Waals surface area contributed by atoms with E-state index in [1.54, 1.807) is 0 Å². The number of nitrogens with two attached hydrogens (primary N) is 1. The van der Waals surface area contributed by atoms with Crippen LogP contribution in [0.15, 0.2) is 12.2 Å². The molecule has 0 bridgehead atoms. The van der Waals surface area contributed by atoms with Gasteiger partial charge in [-0.3, -0.25) is 4.79 Å². The van der Waals surface area contributed by atoms with Gasteiger partial charge in [0, 0.05) is 13.0 Å². The van der Waals surface area contributed by atoms with Gasteiger partial charge in [0.1, 0.15) is 6.10 Å². The minimum atomic E-state index is -1.01. The Kier molecular flexibility index (Phi) is 36.2. The Morgan fingerprint density at radius 3 is 1.28 bits per heavy atom. The van der Waals surface area contributed by atoms with E-state index in [2.05, 4.69) is 31.3 Å². The van der Waals surface area contributed by atoms with Gasteiger partial charge in [0.15, 0.2) is 0 Å². The van der Waals surface area contributed by atoms with Crippen LogP contribution in [0.25, 0.3) is 0 Å². The highest BCUT2D eigenvalue weighted by atomic mass is 16.3. The van der Waals surface area contributed by atoms with Crippen LogP contribution in [0.3, 0.4) is 0 Å². The molecule has 1 amide bonds. The van der Waals surface area contributed by atoms with Gasteiger partial charge in [-0.15, -0.1) is 0 Å². The summed E-state index contributed by atoms with van der Waals surface area (Å²) in [7, 11) is 0. The molecule has 0 spiro atoms. The van der Waals surface area contributed by atoms with Gasteiger partial charge in [0.05, 0.1) is 12.1 Å². The fourth-order valence-electron chi connectivity index (χ4n) is 6.44. The van der Waals surface area contributed by atoms with E-state index in [1.807, 2.05) is 0 Å². The van der Waals surface area contributed by atoms with E-state index in [0.717, 1.165) is 25.7 Å². The smallest absolute Gasteiger partial charge is 0.220 e. The number of aliphatic hydroxyl groups excluding tert-OH is 2. The number of allylic oxidation sites excluding steroid dienone is 2. The summed E-state index contributed by atoms with van der Waals surface area (Å²) in [4.78, 5) is 12.4. The quantitative estimate of drug-likeness (QED) is 0.0397. The zero-order valence-electron chi connectivity index (χ0n) is 31.1. The van der Waals surface area contributed by atoms with Crippen LogP contribution < -0.4 is 11.1 Å². The zero-order chi connectivity index (χ0) is 33.8. The normalized spacial score (nSPS) is 13.8. The average Bonchev–Trinajstić information content (AvgIpc) is 3.06. The number of unbranched alkanes of at least 4 members (excludes halogenated alkanes) is 27. The molecule has 5 N–H and O–H groups in total. The van der Waals surface area contributed by atoms with Gasteiger partial charge in [-0.2, -0.15) is 0 Å². The van der Waals surface area contributed by atoms with Crippen molar-refractivity contribution in [3.8, 4) is 0 Å². The van der Waals surface area contributed by atoms with E-state index < -0.39 is 18.2 Å². The Hall–Kier alpha value is -0.910. The largest absolute Gasteiger partial charge is 0.390 e. The van der Waals surface area contributed by atoms with E-state index in [0.29, 0.717) is 12.8 Å². The van der Waals surface area contributed by atoms with Gasteiger partial charge in [-0.05, 0) is 38.5 Å². The summed E-state index contributed by atoms with van der Waals surface area (Å²) in [6, 6.07) is -0.582. The van der Waals surface area contributed by atoms with Crippen molar-refractivity contribution < 1.29 is 15.0 Å². The molecule has 0 rings (SSSR count). The molecule has 0 heterocycles. The highest BCUT2D eigenvalue weighted by Gasteiger charge is 2.26. The summed E-state index contributed by atoms with van der Waals surface area (Å²) in [6.45, 7) is 4.68. The number of amides is 1. The highest BCUT2D eigenvalue weighted by Crippen LogP contribution is 2.16. The van der Waals surface area contributed by atoms with Crippen LogP contribution in [-0.4, -0.2) is 40.9 Å². The maximum atomic E-state index is 12.4. The summed E-state index contributed by atoms with van der Waals surface area (Å²) in [5.41, 5.74) is 5.85. The predicted octanol–water partition coefficient (Wildman–Crippen LogP) is 11.2. The molecule has 0 saturated heterocycles. The van der Waals surface area contributed by atoms with E-state index in [9.17, 15) is 15.0 Å². The summed E-state index contributed by atoms with van der Waals surface area (Å²) >= 11 is 0. The Bertz CT molecular complexity index is 641. The summed E-state index contributed by atoms with van der Waals surface area (Å²) in [5, 5.41) is 24.0. The van der Waals surface area contributed by atoms with Crippen LogP contribution >= 0.6 is 0 Å². The van der Waals surface area contributed by atoms with Crippen molar-refractivity contribution in [2.24, 2.45) is 5.73 Å². The zero-order valence-corrected chi connectivity index (χ0v) is 31.1. The van der Waals surface area contributed by atoms with Gasteiger partial charge in [0.2, 0.25) is 5.91 Å². The molecule has 3 unspecified atom stereocenters. The minimum Gasteiger partial charge on any atom is -0.390 e. The molecular weight excluding hydrogens is 568 g/mol. The monoisotopic (exact) mass is 651 g/mol. The average molecular weight is 651 g/mol. The van der Waals surface area contributed by atoms with Gasteiger partial charge >= 0.3 is 0 Å². The molecule has 0 aromatic heterocycles. The third-order valence-corrected chi connectivity index (χ3v) is 9.68. The number of carbonyl (C=O) groups is 1. The van der Waals surface area contributed by atoms with Crippen molar-refractivity contribution in [1.82, 2.24) is 5.32 Å². The van der Waals surface area contributed by atoms with Gasteiger partial charge in [-0.25, -0.2) is 0 Å². The van der Waals surface area contributed by atoms with Crippen molar-refractivity contribution in [2.75, 3.05) is 6.54 Å². The first-order valence-electron chi connectivity index (χ1n) is 20.6. The Balaban J connectivity index is 3.61. The Labute approximate surface area is 287 Å². The van der Waals surface area contributed by atoms with E-state index in [-0.39, 0.29) is 12.5 Å². The van der Waals surface area contributed by atoms with Crippen LogP contribution in [0.1, 0.15) is 219 Å². The maximum Gasteiger partial charge on any atom is 0.220 e. The van der Waals surface area contributed by atoms with Crippen molar-refractivity contribution in [3.05, 3.63) is 12.2 Å². The molecule has 0 aromatic rings. The first-order chi connectivity index (χ1) is 22.6. The summed E-state index contributed by atoms with van der Waals surface area (Å²) < 4.78 is 0. The standard InChI is InChI=1S/C41H82N2O3/c1-3-5-7-9-11-13-15-17-18-19-20-21-22-23-24-26-28-30-32-34-36-40(45)43-38(37-42)41(46)39(44)35-33-31-29-27-25-16-14-12-10-8-6-4-2/h17-18,38-39,41,44,46H,3-16,19-37,42H2,1-2H3,(H,43,45)/b18-17+. The first kappa shape index (κ1) is 45.1. The first-order valence-corrected chi connectivity index (χ1v) is 20.6. The van der Waals surface area contributed by atoms with Crippen molar-refractivity contribution in [3.63, 3.8) is 0 Å². The van der Waals surface area contributed by atoms with Crippen molar-refractivity contribution >= 4 is 5.91 Å². The fraction of sp³-hybridized carbons (Fsp3) is 0.927. The molecule has 0 saturated carbocycles. The van der Waals surface area contributed by atoms with Crippen molar-refractivity contribution in [2.45, 2.75) is 238 Å². The van der Waals surface area contributed by atoms with Crippen LogP contribution in [0, 0.1) is 0 Å². The molecule has 0 radical (unpaired) electrons. The molecule has 3 atom stereocenters. The molecule has 0 aromatic carbocycles. The van der Waals surface area contributed by atoms with Crippen molar-refractivity contribution in [1.29, 1.82) is 0 Å². The second-order valence-corrected chi connectivity index (χ2v) is 14.2. The highest BCUT2D eigenvalue weighted by molar-refractivity contribution is 5.76. The third-order valence-electron chi connectivity index (χ3n) is 9.68. The van der Waals surface area contributed by atoms with Gasteiger partial charge in [-0.1, -0.05) is 187 Å². The van der Waals surface area contributed by atoms with Crippen LogP contribution in [0.2, 0.25) is 0 Å². The summed E-state index contributed by atoms with van der Waals surface area (Å²) in [5.74, 6) is -0.0654. The summed E-state index contributed by atoms with van der Waals surface area (Å²) in [6.07, 6.45) is 42.4. The molecular formula is C41H82N2O3. The third kappa shape index (κ3) is 31.7. The second-order valence-electron chi connectivity index (χ2n) is 14.2. The number of rotatable bonds is 37. The van der Waals surface area contributed by atoms with E-state index >= 15 is 0 Å². The number of hydrogen-bond donors (Lipinski definition) is 4. The number of carbonyl (C=O) groups excluding carboxylic acids is 1. The maximum absolute atomic E-state index is 12.4. The SMILES string of the molecule is CCCCCCCC/C=C/CCCCCCCCCCCCC(=O)NC(CN)C(O)C(O)CCCCCCCCCCCCCC. The molecule has 46 heavy (non-hydrogen) atoms. The lowest BCUT2D eigenvalue weighted by atomic mass is 9.99. The fourth-order valence-corrected chi connectivity index (χ4v) is 6.44. The lowest BCUT2D eigenvalue weighted by Crippen LogP contribution is -2.52. The van der Waals surface area contributed by atoms with Crippen LogP contribution in [0.4, 0.5) is 0 Å². The molecule has 0 aliphatic carbocycles. The Morgan fingerprint density at radius 2 is 0.891 bits per heavy atom. The molecule has 0 aliphatic heterocycles. The van der Waals surface area contributed by atoms with Gasteiger partial charge in [0.25, 0.3) is 0 Å². The lowest BCUT2D eigenvalue weighted by Gasteiger charge is -2.26. The molecule has 5 nitrogen and oxygen atoms in total. The van der Waals surface area contributed by atoms with Gasteiger partial charge < -0.3 is 21.3 Å². The molecule has 0 fully saturated rings. The number of aliphatic hydroxyl groups is 2. The molecule has 5 heteroatoms. The van der Waals surface area contributed by atoms with E-state index in [4.69, 9.17) is 5.73 Å². The number of hydrogen-bond acceptors (Lipinski definition) is 4. The van der Waals surface area contributed by atoms with Crippen LogP contribution in [0.5, 0.6) is 0 Å². The topological polar surface area (TPSA) is 95.6 Å². The molecule has 0 aliphatic rings. The van der Waals surface area contributed by atoms with E-state index in [1.165, 1.54) is 167 Å². The number of nitrogens with one attached hydrogen (secondary N) is 1. The van der Waals surface area contributed by atoms with Crippen LogP contribution in [-0.2, 0) is 4.79 Å². The minimum absolute atomic E-state index is 0.0654. The molecule has 274 valence electrons. The Morgan fingerprint density at radius 1 is 0.543 bits per heavy atom. The predicted molar refractivity (Wildman–Crippen MR) is 201 cm³/mol. The second kappa shape index (κ2) is 36.9. The lowest BCUT2D eigenvalue weighted by molar-refractivity contribution is -0.123.